The second-order valence-electron chi connectivity index (χ2n) is 7.20. The maximum Gasteiger partial charge on any atom is 0.220 e. The molecule has 3 atom stereocenters. The summed E-state index contributed by atoms with van der Waals surface area (Å²) < 4.78 is 6.08. The van der Waals surface area contributed by atoms with Crippen LogP contribution >= 0.6 is 0 Å². The molecule has 0 spiro atoms. The zero-order valence-corrected chi connectivity index (χ0v) is 14.9. The summed E-state index contributed by atoms with van der Waals surface area (Å²) in [7, 11) is 0. The number of rotatable bonds is 5. The van der Waals surface area contributed by atoms with Gasteiger partial charge in [0.1, 0.15) is 0 Å². The molecule has 2 aliphatic heterocycles. The van der Waals surface area contributed by atoms with Gasteiger partial charge in [-0.1, -0.05) is 36.4 Å². The predicted molar refractivity (Wildman–Crippen MR) is 99.6 cm³/mol. The highest BCUT2D eigenvalue weighted by Gasteiger charge is 2.38. The number of carbonyl (C=O) groups excluding carboxylic acids is 1. The molecule has 5 nitrogen and oxygen atoms in total. The molecule has 3 heterocycles. The Morgan fingerprint density at radius 2 is 2.08 bits per heavy atom. The van der Waals surface area contributed by atoms with Gasteiger partial charge in [-0.2, -0.15) is 0 Å². The van der Waals surface area contributed by atoms with Gasteiger partial charge in [0.15, 0.2) is 0 Å². The number of benzene rings is 1. The SMILES string of the molecule is O=C(CCc1cccnc1)N[C@H]1C[C@H]2CO[C@@H](c3ccccc3)CN2C1. The van der Waals surface area contributed by atoms with Crippen molar-refractivity contribution in [1.82, 2.24) is 15.2 Å². The summed E-state index contributed by atoms with van der Waals surface area (Å²) in [5.41, 5.74) is 2.33. The summed E-state index contributed by atoms with van der Waals surface area (Å²) in [5, 5.41) is 3.20. The third-order valence-electron chi connectivity index (χ3n) is 5.32. The van der Waals surface area contributed by atoms with Gasteiger partial charge in [0, 0.05) is 44.0 Å². The molecule has 1 amide bonds. The molecule has 2 aromatic rings. The monoisotopic (exact) mass is 351 g/mol. The molecule has 1 N–H and O–H groups in total. The minimum atomic E-state index is 0.124. The van der Waals surface area contributed by atoms with Crippen molar-refractivity contribution in [3.8, 4) is 0 Å². The predicted octanol–water partition coefficient (Wildman–Crippen LogP) is 2.34. The van der Waals surface area contributed by atoms with Crippen molar-refractivity contribution in [2.45, 2.75) is 37.5 Å². The average Bonchev–Trinajstić information content (AvgIpc) is 3.09. The number of carbonyl (C=O) groups is 1. The summed E-state index contributed by atoms with van der Waals surface area (Å²) in [5.74, 6) is 0.124. The van der Waals surface area contributed by atoms with Crippen molar-refractivity contribution < 1.29 is 9.53 Å². The largest absolute Gasteiger partial charge is 0.371 e. The van der Waals surface area contributed by atoms with E-state index in [1.165, 1.54) is 5.56 Å². The molecule has 4 rings (SSSR count). The Morgan fingerprint density at radius 1 is 1.19 bits per heavy atom. The summed E-state index contributed by atoms with van der Waals surface area (Å²) in [6.07, 6.45) is 5.93. The van der Waals surface area contributed by atoms with Gasteiger partial charge >= 0.3 is 0 Å². The van der Waals surface area contributed by atoms with E-state index in [-0.39, 0.29) is 18.1 Å². The molecular weight excluding hydrogens is 326 g/mol. The van der Waals surface area contributed by atoms with Gasteiger partial charge in [-0.3, -0.25) is 14.7 Å². The number of amides is 1. The molecular formula is C21H25N3O2. The van der Waals surface area contributed by atoms with Gasteiger partial charge < -0.3 is 10.1 Å². The fourth-order valence-electron chi connectivity index (χ4n) is 3.95. The van der Waals surface area contributed by atoms with Gasteiger partial charge in [0.2, 0.25) is 5.91 Å². The van der Waals surface area contributed by atoms with Crippen molar-refractivity contribution in [1.29, 1.82) is 0 Å². The first-order chi connectivity index (χ1) is 12.8. The van der Waals surface area contributed by atoms with E-state index in [1.54, 1.807) is 6.20 Å². The molecule has 1 aromatic heterocycles. The highest BCUT2D eigenvalue weighted by Crippen LogP contribution is 2.30. The van der Waals surface area contributed by atoms with Crippen LogP contribution in [0.25, 0.3) is 0 Å². The van der Waals surface area contributed by atoms with E-state index >= 15 is 0 Å². The molecule has 1 aromatic carbocycles. The fraction of sp³-hybridized carbons (Fsp3) is 0.429. The van der Waals surface area contributed by atoms with Crippen LogP contribution in [0.1, 0.15) is 30.1 Å². The van der Waals surface area contributed by atoms with Crippen molar-refractivity contribution in [2.75, 3.05) is 19.7 Å². The van der Waals surface area contributed by atoms with Crippen molar-refractivity contribution in [3.63, 3.8) is 0 Å². The molecule has 136 valence electrons. The molecule has 2 fully saturated rings. The number of aryl methyl sites for hydroxylation is 1. The second kappa shape index (κ2) is 7.98. The molecule has 0 radical (unpaired) electrons. The second-order valence-corrected chi connectivity index (χ2v) is 7.20. The molecule has 0 aliphatic carbocycles. The number of pyridine rings is 1. The number of nitrogens with zero attached hydrogens (tertiary/aromatic N) is 2. The van der Waals surface area contributed by atoms with Crippen molar-refractivity contribution in [2.24, 2.45) is 0 Å². The third-order valence-corrected chi connectivity index (χ3v) is 5.32. The van der Waals surface area contributed by atoms with E-state index in [0.717, 1.165) is 38.1 Å². The van der Waals surface area contributed by atoms with E-state index in [1.807, 2.05) is 24.4 Å². The van der Waals surface area contributed by atoms with Crippen LogP contribution in [0.5, 0.6) is 0 Å². The van der Waals surface area contributed by atoms with Crippen LogP contribution < -0.4 is 5.32 Å². The lowest BCUT2D eigenvalue weighted by Gasteiger charge is -2.35. The van der Waals surface area contributed by atoms with Crippen molar-refractivity contribution >= 4 is 5.91 Å². The lowest BCUT2D eigenvalue weighted by molar-refractivity contribution is -0.121. The van der Waals surface area contributed by atoms with Gasteiger partial charge in [0.25, 0.3) is 0 Å². The number of hydrogen-bond acceptors (Lipinski definition) is 4. The third kappa shape index (κ3) is 4.11. The summed E-state index contributed by atoms with van der Waals surface area (Å²) in [4.78, 5) is 18.8. The van der Waals surface area contributed by atoms with E-state index in [9.17, 15) is 4.79 Å². The standard InChI is InChI=1S/C21H25N3O2/c25-21(9-8-16-5-4-10-22-12-16)23-18-11-19-15-26-20(14-24(19)13-18)17-6-2-1-3-7-17/h1-7,10,12,18-20H,8-9,11,13-15H2,(H,23,25)/t18-,19-,20+/m0/s1. The first-order valence-electron chi connectivity index (χ1n) is 9.37. The Labute approximate surface area is 154 Å². The van der Waals surface area contributed by atoms with Crippen LogP contribution in [-0.2, 0) is 16.0 Å². The topological polar surface area (TPSA) is 54.5 Å². The maximum absolute atomic E-state index is 12.3. The Balaban J connectivity index is 1.26. The molecule has 0 bridgehead atoms. The summed E-state index contributed by atoms with van der Waals surface area (Å²) in [6.45, 7) is 2.55. The molecule has 0 saturated carbocycles. The Kier molecular flexibility index (Phi) is 5.27. The molecule has 5 heteroatoms. The van der Waals surface area contributed by atoms with Gasteiger partial charge in [-0.15, -0.1) is 0 Å². The summed E-state index contributed by atoms with van der Waals surface area (Å²) in [6, 6.07) is 14.9. The molecule has 0 unspecified atom stereocenters. The number of fused-ring (bicyclic) bond motifs is 1. The van der Waals surface area contributed by atoms with Crippen LogP contribution in [-0.4, -0.2) is 47.6 Å². The van der Waals surface area contributed by atoms with E-state index in [2.05, 4.69) is 39.5 Å². The fourth-order valence-corrected chi connectivity index (χ4v) is 3.95. The van der Waals surface area contributed by atoms with Gasteiger partial charge in [-0.25, -0.2) is 0 Å². The lowest BCUT2D eigenvalue weighted by Crippen LogP contribution is -2.43. The molecule has 26 heavy (non-hydrogen) atoms. The molecule has 2 aliphatic rings. The van der Waals surface area contributed by atoms with Gasteiger partial charge in [0.05, 0.1) is 12.7 Å². The maximum atomic E-state index is 12.3. The van der Waals surface area contributed by atoms with Crippen LogP contribution in [0, 0.1) is 0 Å². The van der Waals surface area contributed by atoms with E-state index in [0.29, 0.717) is 12.5 Å². The first kappa shape index (κ1) is 17.2. The van der Waals surface area contributed by atoms with Gasteiger partial charge in [-0.05, 0) is 30.0 Å². The van der Waals surface area contributed by atoms with Crippen LogP contribution in [0.2, 0.25) is 0 Å². The van der Waals surface area contributed by atoms with Crippen LogP contribution in [0.15, 0.2) is 54.9 Å². The zero-order valence-electron chi connectivity index (χ0n) is 14.9. The Bertz CT molecular complexity index is 723. The number of hydrogen-bond donors (Lipinski definition) is 1. The number of morpholine rings is 1. The highest BCUT2D eigenvalue weighted by atomic mass is 16.5. The Hall–Kier alpha value is -2.24. The zero-order chi connectivity index (χ0) is 17.8. The number of aromatic nitrogens is 1. The number of ether oxygens (including phenoxy) is 1. The van der Waals surface area contributed by atoms with E-state index < -0.39 is 0 Å². The smallest absolute Gasteiger partial charge is 0.220 e. The lowest BCUT2D eigenvalue weighted by atomic mass is 10.1. The highest BCUT2D eigenvalue weighted by molar-refractivity contribution is 5.76. The first-order valence-corrected chi connectivity index (χ1v) is 9.37. The Morgan fingerprint density at radius 3 is 2.88 bits per heavy atom. The van der Waals surface area contributed by atoms with E-state index in [4.69, 9.17) is 4.74 Å². The van der Waals surface area contributed by atoms with Crippen LogP contribution in [0.3, 0.4) is 0 Å². The summed E-state index contributed by atoms with van der Waals surface area (Å²) >= 11 is 0. The number of nitrogens with one attached hydrogen (secondary N) is 1. The quantitative estimate of drug-likeness (QED) is 0.898. The minimum absolute atomic E-state index is 0.124. The minimum Gasteiger partial charge on any atom is -0.371 e. The van der Waals surface area contributed by atoms with Crippen LogP contribution in [0.4, 0.5) is 0 Å². The average molecular weight is 351 g/mol. The normalized spacial score (nSPS) is 25.6. The molecule has 2 saturated heterocycles. The van der Waals surface area contributed by atoms with Crippen molar-refractivity contribution in [3.05, 3.63) is 66.0 Å².